The second-order valence-electron chi connectivity index (χ2n) is 8.55. The lowest BCUT2D eigenvalue weighted by Gasteiger charge is -2.08. The van der Waals surface area contributed by atoms with E-state index in [1.54, 1.807) is 44.2 Å². The molecule has 0 atom stereocenters. The lowest BCUT2D eigenvalue weighted by Crippen LogP contribution is -2.13. The molecule has 0 saturated heterocycles. The van der Waals surface area contributed by atoms with E-state index in [9.17, 15) is 14.4 Å². The largest absolute Gasteiger partial charge is 0.491 e. The molecule has 0 aliphatic rings. The Kier molecular flexibility index (Phi) is 14.5. The van der Waals surface area contributed by atoms with Crippen LogP contribution in [-0.4, -0.2) is 70.6 Å². The van der Waals surface area contributed by atoms with E-state index < -0.39 is 11.9 Å². The van der Waals surface area contributed by atoms with Crippen molar-refractivity contribution in [1.29, 1.82) is 0 Å². The van der Waals surface area contributed by atoms with Gasteiger partial charge in [-0.3, -0.25) is 4.79 Å². The fourth-order valence-electron chi connectivity index (χ4n) is 2.93. The Morgan fingerprint density at radius 1 is 0.625 bits per heavy atom. The van der Waals surface area contributed by atoms with Gasteiger partial charge in [0.15, 0.2) is 5.78 Å². The van der Waals surface area contributed by atoms with Gasteiger partial charge in [-0.15, -0.1) is 0 Å². The zero-order valence-electron chi connectivity index (χ0n) is 23.0. The number of benzene rings is 2. The maximum atomic E-state index is 12.5. The summed E-state index contributed by atoms with van der Waals surface area (Å²) in [7, 11) is 0. The average Bonchev–Trinajstić information content (AvgIpc) is 2.95. The Hall–Kier alpha value is -4.21. The van der Waals surface area contributed by atoms with Crippen LogP contribution in [0.15, 0.2) is 78.9 Å². The Labute approximate surface area is 235 Å². The van der Waals surface area contributed by atoms with E-state index in [2.05, 4.69) is 13.2 Å². The van der Waals surface area contributed by atoms with Crippen LogP contribution in [0.25, 0.3) is 6.08 Å². The van der Waals surface area contributed by atoms with Gasteiger partial charge in [0.2, 0.25) is 0 Å². The fourth-order valence-corrected chi connectivity index (χ4v) is 2.93. The molecule has 0 fully saturated rings. The number of carbonyl (C=O) groups excluding carboxylic acids is 3. The predicted octanol–water partition coefficient (Wildman–Crippen LogP) is 4.61. The smallest absolute Gasteiger partial charge is 0.333 e. The van der Waals surface area contributed by atoms with Gasteiger partial charge in [-0.2, -0.15) is 0 Å². The molecule has 0 N–H and O–H groups in total. The first-order valence-electron chi connectivity index (χ1n) is 12.7. The van der Waals surface area contributed by atoms with Crippen LogP contribution >= 0.6 is 0 Å². The quantitative estimate of drug-likeness (QED) is 0.107. The van der Waals surface area contributed by atoms with E-state index in [1.807, 2.05) is 24.3 Å². The van der Waals surface area contributed by atoms with Gasteiger partial charge in [-0.1, -0.05) is 31.4 Å². The summed E-state index contributed by atoms with van der Waals surface area (Å²) in [6, 6.07) is 14.2. The van der Waals surface area contributed by atoms with Gasteiger partial charge in [-0.25, -0.2) is 9.59 Å². The van der Waals surface area contributed by atoms with E-state index in [0.29, 0.717) is 54.6 Å². The zero-order chi connectivity index (χ0) is 29.2. The molecule has 0 aliphatic heterocycles. The lowest BCUT2D eigenvalue weighted by molar-refractivity contribution is -0.141. The molecular weight excluding hydrogens is 516 g/mol. The molecule has 2 aromatic carbocycles. The maximum absolute atomic E-state index is 12.5. The molecule has 0 aliphatic carbocycles. The number of hydrogen-bond acceptors (Lipinski definition) is 9. The van der Waals surface area contributed by atoms with Gasteiger partial charge in [0.1, 0.15) is 37.9 Å². The normalized spacial score (nSPS) is 10.7. The van der Waals surface area contributed by atoms with Crippen LogP contribution in [0, 0.1) is 0 Å². The van der Waals surface area contributed by atoms with Crippen molar-refractivity contribution in [3.8, 4) is 11.5 Å². The monoisotopic (exact) mass is 552 g/mol. The van der Waals surface area contributed by atoms with Gasteiger partial charge in [0, 0.05) is 16.7 Å². The number of rotatable bonds is 19. The van der Waals surface area contributed by atoms with Crippen molar-refractivity contribution >= 4 is 23.8 Å². The van der Waals surface area contributed by atoms with Crippen molar-refractivity contribution in [2.24, 2.45) is 0 Å². The molecule has 0 aromatic heterocycles. The summed E-state index contributed by atoms with van der Waals surface area (Å²) < 4.78 is 31.8. The number of esters is 2. The van der Waals surface area contributed by atoms with Crippen molar-refractivity contribution in [3.63, 3.8) is 0 Å². The van der Waals surface area contributed by atoms with Crippen LogP contribution in [0.4, 0.5) is 0 Å². The Morgan fingerprint density at radius 3 is 1.50 bits per heavy atom. The van der Waals surface area contributed by atoms with Crippen LogP contribution in [0.1, 0.15) is 29.8 Å². The van der Waals surface area contributed by atoms with Gasteiger partial charge >= 0.3 is 11.9 Å². The highest BCUT2D eigenvalue weighted by Gasteiger charge is 2.05. The molecule has 0 saturated carbocycles. The van der Waals surface area contributed by atoms with Crippen molar-refractivity contribution in [1.82, 2.24) is 0 Å². The maximum Gasteiger partial charge on any atom is 0.333 e. The molecule has 2 aromatic rings. The molecule has 0 unspecified atom stereocenters. The first-order chi connectivity index (χ1) is 19.3. The Balaban J connectivity index is 1.63. The predicted molar refractivity (Wildman–Crippen MR) is 150 cm³/mol. The highest BCUT2D eigenvalue weighted by atomic mass is 16.6. The number of ether oxygens (including phenoxy) is 6. The third kappa shape index (κ3) is 13.0. The summed E-state index contributed by atoms with van der Waals surface area (Å²) in [5.41, 5.74) is 2.08. The molecule has 40 heavy (non-hydrogen) atoms. The summed E-state index contributed by atoms with van der Waals surface area (Å²) in [4.78, 5) is 35.0. The zero-order valence-corrected chi connectivity index (χ0v) is 23.0. The molecular formula is C31H36O9. The van der Waals surface area contributed by atoms with E-state index in [4.69, 9.17) is 28.4 Å². The van der Waals surface area contributed by atoms with Crippen LogP contribution < -0.4 is 9.47 Å². The van der Waals surface area contributed by atoms with Crippen molar-refractivity contribution in [2.75, 3.05) is 52.9 Å². The van der Waals surface area contributed by atoms with Crippen molar-refractivity contribution in [3.05, 3.63) is 90.0 Å². The fraction of sp³-hybridized carbons (Fsp3) is 0.323. The Morgan fingerprint density at radius 2 is 1.05 bits per heavy atom. The van der Waals surface area contributed by atoms with Crippen LogP contribution in [-0.2, 0) is 28.5 Å². The van der Waals surface area contributed by atoms with Gasteiger partial charge < -0.3 is 28.4 Å². The number of carbonyl (C=O) groups is 3. The van der Waals surface area contributed by atoms with Gasteiger partial charge in [0.25, 0.3) is 0 Å². The summed E-state index contributed by atoms with van der Waals surface area (Å²) in [5.74, 6) is 0.281. The second kappa shape index (κ2) is 18.1. The first kappa shape index (κ1) is 32.0. The van der Waals surface area contributed by atoms with Crippen LogP contribution in [0.2, 0.25) is 0 Å². The van der Waals surface area contributed by atoms with Crippen LogP contribution in [0.5, 0.6) is 11.5 Å². The average molecular weight is 553 g/mol. The van der Waals surface area contributed by atoms with Crippen molar-refractivity contribution in [2.45, 2.75) is 13.8 Å². The van der Waals surface area contributed by atoms with E-state index in [0.717, 1.165) is 5.56 Å². The molecule has 2 rings (SSSR count). The number of allylic oxidation sites excluding steroid dienone is 1. The summed E-state index contributed by atoms with van der Waals surface area (Å²) in [6.45, 7) is 12.4. The minimum atomic E-state index is -0.440. The molecule has 214 valence electrons. The molecule has 9 heteroatoms. The first-order valence-corrected chi connectivity index (χ1v) is 12.7. The standard InChI is InChI=1S/C31H36O9/c1-23(2)30(33)39-21-17-35-15-19-37-27-10-5-25(6-11-27)7-14-29(32)26-8-12-28(13-9-26)38-20-16-36-18-22-40-31(34)24(3)4/h5-14H,1,3,15-22H2,2,4H3/b14-7+. The number of hydrogen-bond donors (Lipinski definition) is 0. The van der Waals surface area contributed by atoms with Gasteiger partial charge in [0.05, 0.1) is 26.4 Å². The topological polar surface area (TPSA) is 107 Å². The molecule has 0 radical (unpaired) electrons. The molecule has 0 spiro atoms. The molecule has 0 bridgehead atoms. The highest BCUT2D eigenvalue weighted by Crippen LogP contribution is 2.15. The number of ketones is 1. The van der Waals surface area contributed by atoms with Gasteiger partial charge in [-0.05, 0) is 61.9 Å². The Bertz CT molecular complexity index is 1150. The minimum absolute atomic E-state index is 0.134. The summed E-state index contributed by atoms with van der Waals surface area (Å²) in [5, 5.41) is 0. The summed E-state index contributed by atoms with van der Waals surface area (Å²) >= 11 is 0. The molecule has 9 nitrogen and oxygen atoms in total. The minimum Gasteiger partial charge on any atom is -0.491 e. The van der Waals surface area contributed by atoms with Crippen molar-refractivity contribution < 1.29 is 42.8 Å². The molecule has 0 heterocycles. The lowest BCUT2D eigenvalue weighted by atomic mass is 10.1. The summed E-state index contributed by atoms with van der Waals surface area (Å²) in [6.07, 6.45) is 3.24. The SMILES string of the molecule is C=C(C)C(=O)OCCOCCOc1ccc(/C=C/C(=O)c2ccc(OCCOCCOC(=O)C(=C)C)cc2)cc1. The highest BCUT2D eigenvalue weighted by molar-refractivity contribution is 6.06. The van der Waals surface area contributed by atoms with E-state index in [-0.39, 0.29) is 32.2 Å². The van der Waals surface area contributed by atoms with E-state index >= 15 is 0 Å². The second-order valence-corrected chi connectivity index (χ2v) is 8.55. The third-order valence-electron chi connectivity index (χ3n) is 5.06. The van der Waals surface area contributed by atoms with Crippen LogP contribution in [0.3, 0.4) is 0 Å². The third-order valence-corrected chi connectivity index (χ3v) is 5.06. The van der Waals surface area contributed by atoms with E-state index in [1.165, 1.54) is 6.08 Å². The molecule has 0 amide bonds.